The Morgan fingerprint density at radius 1 is 1.71 bits per heavy atom. The second-order valence-electron chi connectivity index (χ2n) is 4.20. The molecule has 2 rings (SSSR count). The summed E-state index contributed by atoms with van der Waals surface area (Å²) in [7, 11) is 0. The molecule has 0 saturated heterocycles. The number of carbonyl (C=O) groups is 1. The Bertz CT molecular complexity index is 439. The largest absolute Gasteiger partial charge is 0.480 e. The number of pyridine rings is 1. The van der Waals surface area contributed by atoms with Crippen LogP contribution in [0.4, 0.5) is 0 Å². The van der Waals surface area contributed by atoms with E-state index in [2.05, 4.69) is 4.98 Å². The molecular weight excluding hydrogens is 260 g/mol. The van der Waals surface area contributed by atoms with Crippen LogP contribution in [0.5, 0.6) is 0 Å². The Morgan fingerprint density at radius 3 is 2.94 bits per heavy atom. The maximum atomic E-state index is 11.2. The second-order valence-corrected chi connectivity index (χ2v) is 5.57. The lowest BCUT2D eigenvalue weighted by molar-refractivity contribution is -0.143. The van der Waals surface area contributed by atoms with Crippen molar-refractivity contribution in [3.8, 4) is 0 Å². The third kappa shape index (κ3) is 2.73. The molecule has 4 nitrogen and oxygen atoms in total. The number of hydrogen-bond donors (Lipinski definition) is 2. The highest BCUT2D eigenvalue weighted by molar-refractivity contribution is 7.99. The first-order valence-electron chi connectivity index (χ1n) is 5.29. The normalized spacial score (nSPS) is 18.7. The van der Waals surface area contributed by atoms with Gasteiger partial charge in [0.05, 0.1) is 5.02 Å². The average Bonchev–Trinajstić information content (AvgIpc) is 3.11. The topological polar surface area (TPSA) is 76.2 Å². The number of thioether (sulfide) groups is 1. The minimum atomic E-state index is -1.16. The molecule has 1 aliphatic rings. The van der Waals surface area contributed by atoms with Crippen molar-refractivity contribution in [2.75, 3.05) is 5.75 Å². The molecule has 0 bridgehead atoms. The Hall–Kier alpha value is -0.780. The summed E-state index contributed by atoms with van der Waals surface area (Å²) in [6.45, 7) is 0. The van der Waals surface area contributed by atoms with Crippen LogP contribution in [0.15, 0.2) is 23.4 Å². The number of nitrogens with zero attached hydrogens (tertiary/aromatic N) is 1. The number of halogens is 1. The minimum Gasteiger partial charge on any atom is -0.480 e. The van der Waals surface area contributed by atoms with Crippen molar-refractivity contribution in [3.63, 3.8) is 0 Å². The van der Waals surface area contributed by atoms with E-state index < -0.39 is 11.5 Å². The predicted molar refractivity (Wildman–Crippen MR) is 67.2 cm³/mol. The van der Waals surface area contributed by atoms with Gasteiger partial charge < -0.3 is 10.8 Å². The molecule has 1 aromatic rings. The van der Waals surface area contributed by atoms with Gasteiger partial charge in [-0.15, -0.1) is 11.8 Å². The fourth-order valence-corrected chi connectivity index (χ4v) is 2.98. The summed E-state index contributed by atoms with van der Waals surface area (Å²) in [5.74, 6) is -0.571. The van der Waals surface area contributed by atoms with Gasteiger partial charge in [0.15, 0.2) is 0 Å². The quantitative estimate of drug-likeness (QED) is 0.802. The summed E-state index contributed by atoms with van der Waals surface area (Å²) in [6, 6.07) is 3.47. The Labute approximate surface area is 109 Å². The molecule has 0 spiro atoms. The lowest BCUT2D eigenvalue weighted by atomic mass is 9.98. The number of hydrogen-bond acceptors (Lipinski definition) is 4. The first kappa shape index (κ1) is 12.7. The predicted octanol–water partition coefficient (Wildman–Crippen LogP) is 2.02. The van der Waals surface area contributed by atoms with Crippen molar-refractivity contribution in [1.82, 2.24) is 4.98 Å². The average molecular weight is 273 g/mol. The zero-order chi connectivity index (χ0) is 12.5. The number of carboxylic acids is 1. The van der Waals surface area contributed by atoms with Gasteiger partial charge in [0, 0.05) is 11.9 Å². The summed E-state index contributed by atoms with van der Waals surface area (Å²) in [6.07, 6.45) is 3.41. The Kier molecular flexibility index (Phi) is 3.61. The number of rotatable bonds is 5. The van der Waals surface area contributed by atoms with Gasteiger partial charge in [0.25, 0.3) is 0 Å². The van der Waals surface area contributed by atoms with Crippen molar-refractivity contribution < 1.29 is 9.90 Å². The highest BCUT2D eigenvalue weighted by Crippen LogP contribution is 2.41. The monoisotopic (exact) mass is 272 g/mol. The molecule has 1 atom stereocenters. The van der Waals surface area contributed by atoms with E-state index in [0.717, 1.165) is 12.8 Å². The zero-order valence-corrected chi connectivity index (χ0v) is 10.7. The van der Waals surface area contributed by atoms with Crippen molar-refractivity contribution in [2.24, 2.45) is 11.7 Å². The van der Waals surface area contributed by atoms with E-state index in [1.807, 2.05) is 0 Å². The lowest BCUT2D eigenvalue weighted by Crippen LogP contribution is -2.52. The van der Waals surface area contributed by atoms with Gasteiger partial charge >= 0.3 is 5.97 Å². The molecule has 0 aliphatic heterocycles. The summed E-state index contributed by atoms with van der Waals surface area (Å²) >= 11 is 7.26. The zero-order valence-electron chi connectivity index (χ0n) is 9.10. The van der Waals surface area contributed by atoms with Gasteiger partial charge in [-0.3, -0.25) is 4.79 Å². The van der Waals surface area contributed by atoms with Crippen molar-refractivity contribution in [2.45, 2.75) is 23.4 Å². The summed E-state index contributed by atoms with van der Waals surface area (Å²) in [4.78, 5) is 15.3. The summed E-state index contributed by atoms with van der Waals surface area (Å²) < 4.78 is 0. The highest BCUT2D eigenvalue weighted by atomic mass is 35.5. The SMILES string of the molecule is NC(CSc1ncccc1Cl)(C(=O)O)C1CC1. The number of carboxylic acid groups (broad SMARTS) is 1. The standard InChI is InChI=1S/C11H13ClN2O2S/c12-8-2-1-5-14-9(8)17-6-11(13,10(15)16)7-3-4-7/h1-2,5,7H,3-4,6,13H2,(H,15,16). The second kappa shape index (κ2) is 4.84. The van der Waals surface area contributed by atoms with Crippen LogP contribution < -0.4 is 5.73 Å². The van der Waals surface area contributed by atoms with E-state index in [1.165, 1.54) is 11.8 Å². The van der Waals surface area contributed by atoms with Crippen LogP contribution in [-0.4, -0.2) is 27.4 Å². The van der Waals surface area contributed by atoms with Crippen LogP contribution in [0.3, 0.4) is 0 Å². The van der Waals surface area contributed by atoms with Crippen LogP contribution in [0.2, 0.25) is 5.02 Å². The van der Waals surface area contributed by atoms with Crippen LogP contribution in [0, 0.1) is 5.92 Å². The number of aromatic nitrogens is 1. The van der Waals surface area contributed by atoms with E-state index in [1.54, 1.807) is 18.3 Å². The lowest BCUT2D eigenvalue weighted by Gasteiger charge is -2.23. The molecule has 1 unspecified atom stereocenters. The summed E-state index contributed by atoms with van der Waals surface area (Å²) in [5, 5.41) is 10.4. The first-order chi connectivity index (χ1) is 8.04. The summed E-state index contributed by atoms with van der Waals surface area (Å²) in [5.41, 5.74) is 4.79. The molecule has 0 radical (unpaired) electrons. The van der Waals surface area contributed by atoms with E-state index in [9.17, 15) is 9.90 Å². The van der Waals surface area contributed by atoms with E-state index in [-0.39, 0.29) is 5.92 Å². The molecule has 1 saturated carbocycles. The Balaban J connectivity index is 2.06. The van der Waals surface area contributed by atoms with Gasteiger partial charge in [-0.25, -0.2) is 4.98 Å². The Morgan fingerprint density at radius 2 is 2.41 bits per heavy atom. The molecule has 3 N–H and O–H groups in total. The number of nitrogens with two attached hydrogens (primary N) is 1. The minimum absolute atomic E-state index is 0.0787. The van der Waals surface area contributed by atoms with E-state index in [0.29, 0.717) is 15.8 Å². The fraction of sp³-hybridized carbons (Fsp3) is 0.455. The van der Waals surface area contributed by atoms with Gasteiger partial charge in [0.1, 0.15) is 10.6 Å². The first-order valence-corrected chi connectivity index (χ1v) is 6.66. The van der Waals surface area contributed by atoms with Crippen LogP contribution in [0.1, 0.15) is 12.8 Å². The molecule has 1 fully saturated rings. The van der Waals surface area contributed by atoms with E-state index >= 15 is 0 Å². The molecule has 1 aromatic heterocycles. The smallest absolute Gasteiger partial charge is 0.324 e. The molecule has 92 valence electrons. The van der Waals surface area contributed by atoms with E-state index in [4.69, 9.17) is 17.3 Å². The van der Waals surface area contributed by atoms with Crippen LogP contribution in [0.25, 0.3) is 0 Å². The maximum absolute atomic E-state index is 11.2. The molecule has 1 aliphatic carbocycles. The van der Waals surface area contributed by atoms with Gasteiger partial charge in [-0.1, -0.05) is 11.6 Å². The molecule has 17 heavy (non-hydrogen) atoms. The molecule has 0 aromatic carbocycles. The molecular formula is C11H13ClN2O2S. The van der Waals surface area contributed by atoms with Crippen molar-refractivity contribution in [3.05, 3.63) is 23.4 Å². The van der Waals surface area contributed by atoms with Gasteiger partial charge in [0.2, 0.25) is 0 Å². The van der Waals surface area contributed by atoms with Crippen LogP contribution in [-0.2, 0) is 4.79 Å². The fourth-order valence-electron chi connectivity index (χ4n) is 1.62. The third-order valence-corrected chi connectivity index (χ3v) is 4.51. The molecule has 0 amide bonds. The van der Waals surface area contributed by atoms with Gasteiger partial charge in [-0.05, 0) is 30.9 Å². The van der Waals surface area contributed by atoms with Gasteiger partial charge in [-0.2, -0.15) is 0 Å². The van der Waals surface area contributed by atoms with Crippen molar-refractivity contribution >= 4 is 29.3 Å². The molecule has 1 heterocycles. The van der Waals surface area contributed by atoms with Crippen LogP contribution >= 0.6 is 23.4 Å². The maximum Gasteiger partial charge on any atom is 0.324 e. The number of aliphatic carboxylic acids is 1. The highest BCUT2D eigenvalue weighted by Gasteiger charge is 2.48. The molecule has 6 heteroatoms. The van der Waals surface area contributed by atoms with Crippen molar-refractivity contribution in [1.29, 1.82) is 0 Å². The third-order valence-electron chi connectivity index (χ3n) is 2.88.